The Bertz CT molecular complexity index is 1420. The van der Waals surface area contributed by atoms with E-state index >= 15 is 0 Å². The summed E-state index contributed by atoms with van der Waals surface area (Å²) in [6.07, 6.45) is 0.843. The maximum absolute atomic E-state index is 13.5. The third-order valence-corrected chi connectivity index (χ3v) is 6.63. The van der Waals surface area contributed by atoms with Crippen molar-refractivity contribution < 1.29 is 24.2 Å². The molecule has 0 aromatic heterocycles. The molecule has 0 saturated carbocycles. The summed E-state index contributed by atoms with van der Waals surface area (Å²) in [6, 6.07) is 18.8. The van der Waals surface area contributed by atoms with Crippen LogP contribution in [0.3, 0.4) is 0 Å². The fraction of sp³-hybridized carbons (Fsp3) is 0.281. The number of hydrogen-bond acceptors (Lipinski definition) is 5. The van der Waals surface area contributed by atoms with Crippen LogP contribution in [0.5, 0.6) is 5.75 Å². The molecule has 0 aliphatic carbocycles. The number of carbonyl (C=O) groups is 3. The molecule has 1 heterocycles. The predicted molar refractivity (Wildman–Crippen MR) is 153 cm³/mol. The van der Waals surface area contributed by atoms with Gasteiger partial charge in [-0.05, 0) is 78.4 Å². The summed E-state index contributed by atoms with van der Waals surface area (Å²) in [6.45, 7) is 10.0. The van der Waals surface area contributed by atoms with E-state index in [1.807, 2.05) is 31.2 Å². The number of anilines is 2. The molecule has 2 amide bonds. The quantitative estimate of drug-likeness (QED) is 0.208. The number of Topliss-reactive ketones (excluding diaryl/α,β-unsaturated/α-hetero) is 1. The van der Waals surface area contributed by atoms with Crippen molar-refractivity contribution in [3.05, 3.63) is 94.6 Å². The van der Waals surface area contributed by atoms with Crippen molar-refractivity contribution in [3.63, 3.8) is 0 Å². The minimum Gasteiger partial charge on any atom is -0.507 e. The Morgan fingerprint density at radius 2 is 1.69 bits per heavy atom. The highest BCUT2D eigenvalue weighted by molar-refractivity contribution is 6.51. The number of rotatable bonds is 8. The van der Waals surface area contributed by atoms with Crippen molar-refractivity contribution in [1.29, 1.82) is 0 Å². The molecule has 7 heteroatoms. The highest BCUT2D eigenvalue weighted by Gasteiger charge is 2.47. The molecular formula is C32H34N2O5. The van der Waals surface area contributed by atoms with Crippen LogP contribution >= 0.6 is 0 Å². The monoisotopic (exact) mass is 526 g/mol. The van der Waals surface area contributed by atoms with E-state index in [1.54, 1.807) is 42.5 Å². The van der Waals surface area contributed by atoms with Crippen LogP contribution in [-0.4, -0.2) is 29.3 Å². The van der Waals surface area contributed by atoms with Crippen LogP contribution in [0.1, 0.15) is 56.0 Å². The number of ether oxygens (including phenoxy) is 1. The van der Waals surface area contributed by atoms with Crippen molar-refractivity contribution in [1.82, 2.24) is 0 Å². The summed E-state index contributed by atoms with van der Waals surface area (Å²) >= 11 is 0. The highest BCUT2D eigenvalue weighted by atomic mass is 16.5. The lowest BCUT2D eigenvalue weighted by Crippen LogP contribution is -2.29. The predicted octanol–water partition coefficient (Wildman–Crippen LogP) is 6.18. The van der Waals surface area contributed by atoms with Gasteiger partial charge in [0.25, 0.3) is 11.7 Å². The number of nitrogens with zero attached hydrogens (tertiary/aromatic N) is 1. The third kappa shape index (κ3) is 5.87. The number of ketones is 1. The van der Waals surface area contributed by atoms with E-state index in [-0.39, 0.29) is 17.2 Å². The lowest BCUT2D eigenvalue weighted by Gasteiger charge is -2.26. The number of benzene rings is 3. The Hall–Kier alpha value is -4.39. The van der Waals surface area contributed by atoms with Gasteiger partial charge in [-0.1, -0.05) is 45.0 Å². The van der Waals surface area contributed by atoms with Crippen molar-refractivity contribution in [2.24, 2.45) is 5.92 Å². The largest absolute Gasteiger partial charge is 0.507 e. The first kappa shape index (κ1) is 27.6. The maximum atomic E-state index is 13.5. The molecule has 1 unspecified atom stereocenters. The average Bonchev–Trinajstić information content (AvgIpc) is 3.17. The van der Waals surface area contributed by atoms with Crippen LogP contribution in [0.2, 0.25) is 0 Å². The second kappa shape index (κ2) is 11.6. The van der Waals surface area contributed by atoms with Gasteiger partial charge in [0.1, 0.15) is 11.5 Å². The Morgan fingerprint density at radius 1 is 1.03 bits per heavy atom. The van der Waals surface area contributed by atoms with E-state index < -0.39 is 17.7 Å². The lowest BCUT2D eigenvalue weighted by molar-refractivity contribution is -0.132. The molecule has 1 atom stereocenters. The van der Waals surface area contributed by atoms with Crippen molar-refractivity contribution in [2.45, 2.75) is 47.1 Å². The second-order valence-electron chi connectivity index (χ2n) is 10.2. The number of carbonyl (C=O) groups excluding carboxylic acids is 3. The van der Waals surface area contributed by atoms with Gasteiger partial charge < -0.3 is 15.2 Å². The molecule has 3 aromatic carbocycles. The van der Waals surface area contributed by atoms with Gasteiger partial charge in [0.05, 0.1) is 18.2 Å². The standard InChI is InChI=1S/C32H34N2O5/c1-6-22-7-9-23(10-8-22)29-28(30(36)24-11-16-27(20(4)17-24)39-18-19(2)3)31(37)32(38)34(29)26-14-12-25(13-15-26)33-21(5)35/h7-17,19,29,36H,6,18H2,1-5H3,(H,33,35)/b30-28-. The molecular weight excluding hydrogens is 492 g/mol. The average molecular weight is 527 g/mol. The molecule has 1 saturated heterocycles. The van der Waals surface area contributed by atoms with Crippen LogP contribution in [0.25, 0.3) is 5.76 Å². The Balaban J connectivity index is 1.82. The van der Waals surface area contributed by atoms with Gasteiger partial charge in [0, 0.05) is 23.9 Å². The molecule has 1 aliphatic heterocycles. The van der Waals surface area contributed by atoms with Gasteiger partial charge in [0.15, 0.2) is 0 Å². The first-order valence-corrected chi connectivity index (χ1v) is 13.1. The zero-order chi connectivity index (χ0) is 28.3. The molecule has 39 heavy (non-hydrogen) atoms. The van der Waals surface area contributed by atoms with Crippen molar-refractivity contribution in [3.8, 4) is 5.75 Å². The maximum Gasteiger partial charge on any atom is 0.300 e. The zero-order valence-corrected chi connectivity index (χ0v) is 22.9. The molecule has 202 valence electrons. The summed E-state index contributed by atoms with van der Waals surface area (Å²) in [5.41, 5.74) is 4.12. The van der Waals surface area contributed by atoms with Gasteiger partial charge in [-0.2, -0.15) is 0 Å². The topological polar surface area (TPSA) is 95.9 Å². The third-order valence-electron chi connectivity index (χ3n) is 6.63. The Labute approximate surface area is 229 Å². The molecule has 1 fully saturated rings. The molecule has 3 aromatic rings. The number of aliphatic hydroxyl groups is 1. The van der Waals surface area contributed by atoms with E-state index in [2.05, 4.69) is 26.1 Å². The van der Waals surface area contributed by atoms with Gasteiger partial charge in [-0.25, -0.2) is 0 Å². The Kier molecular flexibility index (Phi) is 8.19. The fourth-order valence-corrected chi connectivity index (χ4v) is 4.63. The minimum absolute atomic E-state index is 0.0189. The summed E-state index contributed by atoms with van der Waals surface area (Å²) < 4.78 is 5.86. The summed E-state index contributed by atoms with van der Waals surface area (Å²) in [4.78, 5) is 39.7. The van der Waals surface area contributed by atoms with Crippen LogP contribution in [0.4, 0.5) is 11.4 Å². The van der Waals surface area contributed by atoms with E-state index in [1.165, 1.54) is 11.8 Å². The molecule has 7 nitrogen and oxygen atoms in total. The second-order valence-corrected chi connectivity index (χ2v) is 10.2. The van der Waals surface area contributed by atoms with E-state index in [0.29, 0.717) is 40.8 Å². The zero-order valence-electron chi connectivity index (χ0n) is 22.9. The van der Waals surface area contributed by atoms with Crippen molar-refractivity contribution >= 4 is 34.7 Å². The molecule has 1 aliphatic rings. The van der Waals surface area contributed by atoms with E-state index in [9.17, 15) is 19.5 Å². The Morgan fingerprint density at radius 3 is 2.26 bits per heavy atom. The van der Waals surface area contributed by atoms with Crippen molar-refractivity contribution in [2.75, 3.05) is 16.8 Å². The first-order chi connectivity index (χ1) is 18.6. The highest BCUT2D eigenvalue weighted by Crippen LogP contribution is 2.42. The van der Waals surface area contributed by atoms with Gasteiger partial charge in [-0.15, -0.1) is 0 Å². The number of aryl methyl sites for hydroxylation is 2. The molecule has 2 N–H and O–H groups in total. The number of nitrogens with one attached hydrogen (secondary N) is 1. The number of amides is 2. The van der Waals surface area contributed by atoms with Gasteiger partial charge in [-0.3, -0.25) is 19.3 Å². The summed E-state index contributed by atoms with van der Waals surface area (Å²) in [5, 5.41) is 14.2. The summed E-state index contributed by atoms with van der Waals surface area (Å²) in [7, 11) is 0. The molecule has 0 spiro atoms. The normalized spacial score (nSPS) is 16.6. The lowest BCUT2D eigenvalue weighted by atomic mass is 9.94. The van der Waals surface area contributed by atoms with Crippen LogP contribution in [-0.2, 0) is 20.8 Å². The first-order valence-electron chi connectivity index (χ1n) is 13.1. The van der Waals surface area contributed by atoms with Gasteiger partial charge >= 0.3 is 0 Å². The van der Waals surface area contributed by atoms with Gasteiger partial charge in [0.2, 0.25) is 5.91 Å². The van der Waals surface area contributed by atoms with E-state index in [4.69, 9.17) is 4.74 Å². The molecule has 0 radical (unpaired) electrons. The number of aliphatic hydroxyl groups excluding tert-OH is 1. The SMILES string of the molecule is CCc1ccc(C2/C(=C(/O)c3ccc(OCC(C)C)c(C)c3)C(=O)C(=O)N2c2ccc(NC(C)=O)cc2)cc1. The fourth-order valence-electron chi connectivity index (χ4n) is 4.63. The van der Waals surface area contributed by atoms with Crippen LogP contribution < -0.4 is 15.0 Å². The van der Waals surface area contributed by atoms with E-state index in [0.717, 1.165) is 17.5 Å². The van der Waals surface area contributed by atoms with Crippen LogP contribution in [0, 0.1) is 12.8 Å². The molecule has 0 bridgehead atoms. The molecule has 4 rings (SSSR count). The smallest absolute Gasteiger partial charge is 0.300 e. The minimum atomic E-state index is -0.834. The number of hydrogen-bond donors (Lipinski definition) is 2. The summed E-state index contributed by atoms with van der Waals surface area (Å²) in [5.74, 6) is -0.891. The van der Waals surface area contributed by atoms with Crippen LogP contribution in [0.15, 0.2) is 72.3 Å².